The molecule has 3 aromatic rings. The Kier molecular flexibility index (Phi) is 2.72. The monoisotopic (exact) mass is 254 g/mol. The van der Waals surface area contributed by atoms with Crippen LogP contribution in [0.5, 0.6) is 0 Å². The molecule has 0 aliphatic carbocycles. The number of ether oxygens (including phenoxy) is 1. The zero-order valence-corrected chi connectivity index (χ0v) is 10.2. The Morgan fingerprint density at radius 2 is 2.21 bits per heavy atom. The van der Waals surface area contributed by atoms with Crippen molar-refractivity contribution in [3.63, 3.8) is 0 Å². The van der Waals surface area contributed by atoms with E-state index in [0.717, 1.165) is 5.56 Å². The lowest BCUT2D eigenvalue weighted by Gasteiger charge is -1.98. The van der Waals surface area contributed by atoms with E-state index < -0.39 is 5.97 Å². The number of carbonyl (C=O) groups is 1. The third-order valence-electron chi connectivity index (χ3n) is 2.76. The van der Waals surface area contributed by atoms with E-state index in [1.54, 1.807) is 30.7 Å². The summed E-state index contributed by atoms with van der Waals surface area (Å²) in [5.41, 5.74) is 2.23. The van der Waals surface area contributed by atoms with Gasteiger partial charge in [-0.15, -0.1) is 0 Å². The van der Waals surface area contributed by atoms with E-state index in [2.05, 4.69) is 9.97 Å². The Morgan fingerprint density at radius 3 is 2.95 bits per heavy atom. The first-order valence-corrected chi connectivity index (χ1v) is 5.67. The van der Waals surface area contributed by atoms with Crippen LogP contribution in [0.4, 0.5) is 0 Å². The van der Waals surface area contributed by atoms with Gasteiger partial charge in [0.2, 0.25) is 0 Å². The molecule has 5 heteroatoms. The van der Waals surface area contributed by atoms with Crippen LogP contribution >= 0.6 is 0 Å². The molecular formula is C14H10N2O3. The summed E-state index contributed by atoms with van der Waals surface area (Å²) in [7, 11) is 1.33. The molecule has 0 saturated heterocycles. The zero-order chi connectivity index (χ0) is 13.2. The third-order valence-corrected chi connectivity index (χ3v) is 2.76. The van der Waals surface area contributed by atoms with Gasteiger partial charge in [0.25, 0.3) is 0 Å². The van der Waals surface area contributed by atoms with Crippen LogP contribution in [0.2, 0.25) is 0 Å². The minimum atomic E-state index is -0.445. The first-order valence-electron chi connectivity index (χ1n) is 5.67. The normalized spacial score (nSPS) is 10.6. The summed E-state index contributed by atoms with van der Waals surface area (Å²) in [6.07, 6.45) is 4.93. The van der Waals surface area contributed by atoms with E-state index in [1.165, 1.54) is 7.11 Å². The van der Waals surface area contributed by atoms with Crippen molar-refractivity contribution in [1.29, 1.82) is 0 Å². The lowest BCUT2D eigenvalue weighted by Crippen LogP contribution is -2.01. The van der Waals surface area contributed by atoms with Crippen molar-refractivity contribution in [2.45, 2.75) is 0 Å². The number of furan rings is 1. The van der Waals surface area contributed by atoms with Crippen LogP contribution in [0, 0.1) is 0 Å². The highest BCUT2D eigenvalue weighted by Crippen LogP contribution is 2.28. The summed E-state index contributed by atoms with van der Waals surface area (Å²) in [6.45, 7) is 0. The molecule has 0 aliphatic heterocycles. The molecule has 0 aromatic carbocycles. The van der Waals surface area contributed by atoms with Gasteiger partial charge in [0.05, 0.1) is 7.11 Å². The van der Waals surface area contributed by atoms with Crippen LogP contribution in [0.1, 0.15) is 10.4 Å². The van der Waals surface area contributed by atoms with E-state index in [4.69, 9.17) is 9.15 Å². The highest BCUT2D eigenvalue weighted by Gasteiger charge is 2.16. The first-order chi connectivity index (χ1) is 9.29. The van der Waals surface area contributed by atoms with Gasteiger partial charge in [-0.25, -0.2) is 4.79 Å². The lowest BCUT2D eigenvalue weighted by molar-refractivity contribution is 0.0601. The fraction of sp³-hybridized carbons (Fsp3) is 0.0714. The second-order valence-electron chi connectivity index (χ2n) is 3.92. The summed E-state index contributed by atoms with van der Waals surface area (Å²) in [4.78, 5) is 19.9. The van der Waals surface area contributed by atoms with Gasteiger partial charge >= 0.3 is 5.97 Å². The summed E-state index contributed by atoms with van der Waals surface area (Å²) in [5, 5.41) is 0. The van der Waals surface area contributed by atoms with Gasteiger partial charge in [-0.3, -0.25) is 9.97 Å². The van der Waals surface area contributed by atoms with Crippen LogP contribution < -0.4 is 0 Å². The van der Waals surface area contributed by atoms with E-state index >= 15 is 0 Å². The van der Waals surface area contributed by atoms with Crippen molar-refractivity contribution in [2.24, 2.45) is 0 Å². The van der Waals surface area contributed by atoms with Gasteiger partial charge in [0.1, 0.15) is 16.8 Å². The number of methoxy groups -OCH3 is 1. The Hall–Kier alpha value is -2.69. The van der Waals surface area contributed by atoms with Gasteiger partial charge in [-0.1, -0.05) is 0 Å². The molecule has 94 valence electrons. The molecule has 3 aromatic heterocycles. The lowest BCUT2D eigenvalue weighted by atomic mass is 10.2. The second kappa shape index (κ2) is 4.53. The Labute approximate surface area is 108 Å². The quantitative estimate of drug-likeness (QED) is 0.658. The predicted molar refractivity (Wildman–Crippen MR) is 68.6 cm³/mol. The Balaban J connectivity index is 2.19. The largest absolute Gasteiger partial charge is 0.465 e. The number of hydrogen-bond acceptors (Lipinski definition) is 5. The number of rotatable bonds is 2. The van der Waals surface area contributed by atoms with Crippen molar-refractivity contribution in [3.8, 4) is 11.3 Å². The van der Waals surface area contributed by atoms with Crippen molar-refractivity contribution in [3.05, 3.63) is 48.4 Å². The third kappa shape index (κ3) is 1.95. The molecule has 19 heavy (non-hydrogen) atoms. The van der Waals surface area contributed by atoms with Gasteiger partial charge in [0, 0.05) is 30.2 Å². The summed E-state index contributed by atoms with van der Waals surface area (Å²) < 4.78 is 10.4. The Bertz CT molecular complexity index is 735. The van der Waals surface area contributed by atoms with E-state index in [0.29, 0.717) is 22.4 Å². The topological polar surface area (TPSA) is 65.2 Å². The molecular weight excluding hydrogens is 244 g/mol. The maximum Gasteiger partial charge on any atom is 0.341 e. The molecule has 0 amide bonds. The number of carbonyl (C=O) groups excluding carboxylic acids is 1. The van der Waals surface area contributed by atoms with Crippen molar-refractivity contribution < 1.29 is 13.9 Å². The molecule has 0 radical (unpaired) electrons. The van der Waals surface area contributed by atoms with Crippen molar-refractivity contribution >= 4 is 17.1 Å². The minimum Gasteiger partial charge on any atom is -0.465 e. The van der Waals surface area contributed by atoms with Crippen LogP contribution in [0.25, 0.3) is 22.4 Å². The minimum absolute atomic E-state index is 0.364. The van der Waals surface area contributed by atoms with Gasteiger partial charge in [-0.2, -0.15) is 0 Å². The number of fused-ring (bicyclic) bond motifs is 1. The number of aromatic nitrogens is 2. The van der Waals surface area contributed by atoms with Crippen LogP contribution in [-0.4, -0.2) is 23.0 Å². The molecule has 0 saturated carbocycles. The fourth-order valence-corrected chi connectivity index (χ4v) is 1.86. The molecule has 3 rings (SSSR count). The SMILES string of the molecule is COC(=O)c1ccnc2cc(-c3cccnc3)oc12. The second-order valence-corrected chi connectivity index (χ2v) is 3.92. The van der Waals surface area contributed by atoms with E-state index in [-0.39, 0.29) is 0 Å². The molecule has 5 nitrogen and oxygen atoms in total. The molecule has 0 fully saturated rings. The zero-order valence-electron chi connectivity index (χ0n) is 10.2. The standard InChI is InChI=1S/C14H10N2O3/c1-18-14(17)10-4-6-16-11-7-12(19-13(10)11)9-3-2-5-15-8-9/h2-8H,1H3. The maximum absolute atomic E-state index is 11.7. The maximum atomic E-state index is 11.7. The molecule has 0 unspecified atom stereocenters. The van der Waals surface area contributed by atoms with E-state index in [9.17, 15) is 4.79 Å². The van der Waals surface area contributed by atoms with Crippen LogP contribution in [0.3, 0.4) is 0 Å². The van der Waals surface area contributed by atoms with Crippen molar-refractivity contribution in [2.75, 3.05) is 7.11 Å². The summed E-state index contributed by atoms with van der Waals surface area (Å²) in [5.74, 6) is 0.173. The number of pyridine rings is 2. The van der Waals surface area contributed by atoms with Crippen LogP contribution in [-0.2, 0) is 4.74 Å². The van der Waals surface area contributed by atoms with Crippen LogP contribution in [0.15, 0.2) is 47.3 Å². The molecule has 3 heterocycles. The molecule has 0 aliphatic rings. The molecule has 0 N–H and O–H groups in total. The highest BCUT2D eigenvalue weighted by molar-refractivity contribution is 6.01. The predicted octanol–water partition coefficient (Wildman–Crippen LogP) is 2.68. The molecule has 0 bridgehead atoms. The smallest absolute Gasteiger partial charge is 0.341 e. The summed E-state index contributed by atoms with van der Waals surface area (Å²) in [6, 6.07) is 7.04. The van der Waals surface area contributed by atoms with Gasteiger partial charge in [0.15, 0.2) is 5.58 Å². The van der Waals surface area contributed by atoms with Crippen molar-refractivity contribution in [1.82, 2.24) is 9.97 Å². The average molecular weight is 254 g/mol. The fourth-order valence-electron chi connectivity index (χ4n) is 1.86. The average Bonchev–Trinajstić information content (AvgIpc) is 2.91. The first kappa shape index (κ1) is 11.4. The molecule has 0 atom stereocenters. The molecule has 0 spiro atoms. The van der Waals surface area contributed by atoms with E-state index in [1.807, 2.05) is 12.1 Å². The van der Waals surface area contributed by atoms with Gasteiger partial charge < -0.3 is 9.15 Å². The highest BCUT2D eigenvalue weighted by atomic mass is 16.5. The number of hydrogen-bond donors (Lipinski definition) is 0. The number of esters is 1. The summed E-state index contributed by atoms with van der Waals surface area (Å²) >= 11 is 0. The number of nitrogens with zero attached hydrogens (tertiary/aromatic N) is 2. The Morgan fingerprint density at radius 1 is 1.32 bits per heavy atom. The van der Waals surface area contributed by atoms with Gasteiger partial charge in [-0.05, 0) is 18.2 Å².